The van der Waals surface area contributed by atoms with Crippen LogP contribution in [0, 0.1) is 0 Å². The van der Waals surface area contributed by atoms with Gasteiger partial charge in [0.2, 0.25) is 0 Å². The second kappa shape index (κ2) is 7.41. The van der Waals surface area contributed by atoms with Crippen LogP contribution in [-0.2, 0) is 4.79 Å². The molecule has 1 N–H and O–H groups in total. The monoisotopic (exact) mass is 337 g/mol. The predicted molar refractivity (Wildman–Crippen MR) is 101 cm³/mol. The first-order valence-corrected chi connectivity index (χ1v) is 8.99. The first-order valence-electron chi connectivity index (χ1n) is 7.77. The highest BCUT2D eigenvalue weighted by atomic mass is 32.2. The molecule has 0 aromatic heterocycles. The Morgan fingerprint density at radius 3 is 2.62 bits per heavy atom. The van der Waals surface area contributed by atoms with Gasteiger partial charge in [-0.25, -0.2) is 0 Å². The van der Waals surface area contributed by atoms with E-state index >= 15 is 0 Å². The minimum atomic E-state index is -0.589. The topological polar surface area (TPSA) is 38.3 Å². The zero-order valence-corrected chi connectivity index (χ0v) is 14.5. The van der Waals surface area contributed by atoms with E-state index < -0.39 is 6.10 Å². The van der Waals surface area contributed by atoms with Crippen molar-refractivity contribution >= 4 is 34.1 Å². The van der Waals surface area contributed by atoms with Gasteiger partial charge in [-0.3, -0.25) is 4.79 Å². The summed E-state index contributed by atoms with van der Waals surface area (Å²) < 4.78 is 5.90. The SMILES string of the molecule is CSc1cccc(NC(=O)C(C)Oc2cccc3ccccc23)c1. The van der Waals surface area contributed by atoms with E-state index in [4.69, 9.17) is 4.74 Å². The van der Waals surface area contributed by atoms with Gasteiger partial charge in [0.05, 0.1) is 0 Å². The minimum absolute atomic E-state index is 0.166. The number of fused-ring (bicyclic) bond motifs is 1. The van der Waals surface area contributed by atoms with E-state index in [2.05, 4.69) is 5.32 Å². The van der Waals surface area contributed by atoms with E-state index in [0.29, 0.717) is 5.75 Å². The van der Waals surface area contributed by atoms with Crippen LogP contribution in [-0.4, -0.2) is 18.3 Å². The third kappa shape index (κ3) is 3.71. The molecule has 0 saturated heterocycles. The zero-order chi connectivity index (χ0) is 16.9. The van der Waals surface area contributed by atoms with Gasteiger partial charge in [0.15, 0.2) is 6.10 Å². The second-order valence-electron chi connectivity index (χ2n) is 5.46. The Hall–Kier alpha value is -2.46. The highest BCUT2D eigenvalue weighted by molar-refractivity contribution is 7.98. The molecule has 3 aromatic carbocycles. The molecule has 3 rings (SSSR count). The van der Waals surface area contributed by atoms with E-state index in [1.165, 1.54) is 0 Å². The van der Waals surface area contributed by atoms with Crippen molar-refractivity contribution in [3.05, 3.63) is 66.7 Å². The van der Waals surface area contributed by atoms with Gasteiger partial charge in [-0.05, 0) is 42.8 Å². The average molecular weight is 337 g/mol. The van der Waals surface area contributed by atoms with E-state index in [1.807, 2.05) is 73.0 Å². The summed E-state index contributed by atoms with van der Waals surface area (Å²) in [7, 11) is 0. The van der Waals surface area contributed by atoms with Crippen molar-refractivity contribution in [3.8, 4) is 5.75 Å². The lowest BCUT2D eigenvalue weighted by Gasteiger charge is -2.16. The maximum absolute atomic E-state index is 12.4. The van der Waals surface area contributed by atoms with Crippen molar-refractivity contribution in [1.29, 1.82) is 0 Å². The lowest BCUT2D eigenvalue weighted by atomic mass is 10.1. The Balaban J connectivity index is 1.73. The molecule has 0 aliphatic carbocycles. The van der Waals surface area contributed by atoms with Crippen molar-refractivity contribution in [2.45, 2.75) is 17.9 Å². The number of carbonyl (C=O) groups excluding carboxylic acids is 1. The Kier molecular flexibility index (Phi) is 5.06. The first kappa shape index (κ1) is 16.4. The third-order valence-electron chi connectivity index (χ3n) is 3.76. The Morgan fingerprint density at radius 2 is 1.79 bits per heavy atom. The van der Waals surface area contributed by atoms with Crippen LogP contribution in [0.3, 0.4) is 0 Å². The number of nitrogens with one attached hydrogen (secondary N) is 1. The molecule has 24 heavy (non-hydrogen) atoms. The largest absolute Gasteiger partial charge is 0.480 e. The molecular formula is C20H19NO2S. The smallest absolute Gasteiger partial charge is 0.265 e. The van der Waals surface area contributed by atoms with Gasteiger partial charge in [0.25, 0.3) is 5.91 Å². The van der Waals surface area contributed by atoms with E-state index in [0.717, 1.165) is 21.4 Å². The molecule has 1 atom stereocenters. The minimum Gasteiger partial charge on any atom is -0.480 e. The zero-order valence-electron chi connectivity index (χ0n) is 13.7. The molecular weight excluding hydrogens is 318 g/mol. The van der Waals surface area contributed by atoms with Gasteiger partial charge in [-0.15, -0.1) is 11.8 Å². The fourth-order valence-corrected chi connectivity index (χ4v) is 2.95. The van der Waals surface area contributed by atoms with Crippen molar-refractivity contribution in [2.24, 2.45) is 0 Å². The second-order valence-corrected chi connectivity index (χ2v) is 6.34. The van der Waals surface area contributed by atoms with Crippen molar-refractivity contribution < 1.29 is 9.53 Å². The lowest BCUT2D eigenvalue weighted by molar-refractivity contribution is -0.122. The molecule has 0 saturated carbocycles. The maximum atomic E-state index is 12.4. The van der Waals surface area contributed by atoms with Crippen LogP contribution in [0.25, 0.3) is 10.8 Å². The Bertz CT molecular complexity index is 858. The van der Waals surface area contributed by atoms with E-state index in [1.54, 1.807) is 18.7 Å². The molecule has 0 spiro atoms. The highest BCUT2D eigenvalue weighted by Gasteiger charge is 2.16. The van der Waals surface area contributed by atoms with E-state index in [-0.39, 0.29) is 5.91 Å². The maximum Gasteiger partial charge on any atom is 0.265 e. The molecule has 1 amide bonds. The molecule has 0 aliphatic heterocycles. The molecule has 0 aliphatic rings. The van der Waals surface area contributed by atoms with E-state index in [9.17, 15) is 4.79 Å². The van der Waals surface area contributed by atoms with Crippen molar-refractivity contribution in [3.63, 3.8) is 0 Å². The number of amides is 1. The Morgan fingerprint density at radius 1 is 1.04 bits per heavy atom. The summed E-state index contributed by atoms with van der Waals surface area (Å²) in [4.78, 5) is 13.5. The van der Waals surface area contributed by atoms with Gasteiger partial charge in [-0.2, -0.15) is 0 Å². The number of anilines is 1. The molecule has 0 radical (unpaired) electrons. The molecule has 0 bridgehead atoms. The fraction of sp³-hybridized carbons (Fsp3) is 0.150. The quantitative estimate of drug-likeness (QED) is 0.668. The van der Waals surface area contributed by atoms with Gasteiger partial charge in [0, 0.05) is 16.0 Å². The average Bonchev–Trinajstić information content (AvgIpc) is 2.62. The Labute approximate surface area is 146 Å². The van der Waals surface area contributed by atoms with Gasteiger partial charge < -0.3 is 10.1 Å². The summed E-state index contributed by atoms with van der Waals surface area (Å²) >= 11 is 1.64. The molecule has 3 nitrogen and oxygen atoms in total. The lowest BCUT2D eigenvalue weighted by Crippen LogP contribution is -2.30. The normalized spacial score (nSPS) is 11.9. The number of carbonyl (C=O) groups is 1. The third-order valence-corrected chi connectivity index (χ3v) is 4.49. The number of rotatable bonds is 5. The summed E-state index contributed by atoms with van der Waals surface area (Å²) in [5.41, 5.74) is 0.778. The first-order chi connectivity index (χ1) is 11.7. The number of ether oxygens (including phenoxy) is 1. The van der Waals surface area contributed by atoms with Crippen LogP contribution < -0.4 is 10.1 Å². The molecule has 3 aromatic rings. The van der Waals surface area contributed by atoms with Gasteiger partial charge in [-0.1, -0.05) is 42.5 Å². The molecule has 0 fully saturated rings. The van der Waals surface area contributed by atoms with Crippen LogP contribution in [0.1, 0.15) is 6.92 Å². The summed E-state index contributed by atoms with van der Waals surface area (Å²) in [6.07, 6.45) is 1.42. The standard InChI is InChI=1S/C20H19NO2S/c1-14(20(22)21-16-9-6-10-17(13-16)24-2)23-19-12-5-8-15-7-3-4-11-18(15)19/h3-14H,1-2H3,(H,21,22). The number of thioether (sulfide) groups is 1. The van der Waals surface area contributed by atoms with Crippen molar-refractivity contribution in [2.75, 3.05) is 11.6 Å². The van der Waals surface area contributed by atoms with Gasteiger partial charge >= 0.3 is 0 Å². The molecule has 4 heteroatoms. The van der Waals surface area contributed by atoms with Crippen LogP contribution in [0.5, 0.6) is 5.75 Å². The fourth-order valence-electron chi connectivity index (χ4n) is 2.49. The molecule has 1 unspecified atom stereocenters. The molecule has 122 valence electrons. The molecule has 0 heterocycles. The van der Waals surface area contributed by atoms with Crippen molar-refractivity contribution in [1.82, 2.24) is 0 Å². The summed E-state index contributed by atoms with van der Waals surface area (Å²) in [6, 6.07) is 21.6. The van der Waals surface area contributed by atoms with Crippen LogP contribution in [0.2, 0.25) is 0 Å². The van der Waals surface area contributed by atoms with Gasteiger partial charge in [0.1, 0.15) is 5.75 Å². The summed E-state index contributed by atoms with van der Waals surface area (Å²) in [5.74, 6) is 0.551. The predicted octanol–water partition coefficient (Wildman–Crippen LogP) is 4.97. The number of hydrogen-bond donors (Lipinski definition) is 1. The number of hydrogen-bond acceptors (Lipinski definition) is 3. The van der Waals surface area contributed by atoms with Crippen LogP contribution in [0.15, 0.2) is 71.6 Å². The van der Waals surface area contributed by atoms with Crippen LogP contribution in [0.4, 0.5) is 5.69 Å². The number of benzene rings is 3. The summed E-state index contributed by atoms with van der Waals surface area (Å²) in [5, 5.41) is 5.00. The highest BCUT2D eigenvalue weighted by Crippen LogP contribution is 2.26. The summed E-state index contributed by atoms with van der Waals surface area (Å²) in [6.45, 7) is 1.76. The van der Waals surface area contributed by atoms with Crippen LogP contribution >= 0.6 is 11.8 Å².